The van der Waals surface area contributed by atoms with E-state index in [0.29, 0.717) is 22.5 Å². The molecule has 0 fully saturated rings. The highest BCUT2D eigenvalue weighted by Crippen LogP contribution is 2.43. The number of hydrogen-bond donors (Lipinski definition) is 1. The molecule has 4 aromatic rings. The smallest absolute Gasteiger partial charge is 0.290 e. The van der Waals surface area contributed by atoms with E-state index in [9.17, 15) is 14.7 Å². The molecule has 162 valence electrons. The van der Waals surface area contributed by atoms with Gasteiger partial charge < -0.3 is 23.6 Å². The van der Waals surface area contributed by atoms with Gasteiger partial charge in [-0.1, -0.05) is 12.1 Å². The van der Waals surface area contributed by atoms with Crippen molar-refractivity contribution in [2.75, 3.05) is 7.11 Å². The van der Waals surface area contributed by atoms with E-state index in [1.807, 2.05) is 18.4 Å². The normalized spacial score (nSPS) is 16.4. The molecular weight excluding hydrogens is 430 g/mol. The zero-order chi connectivity index (χ0) is 22.4. The average molecular weight is 449 g/mol. The number of hydrogen-bond acceptors (Lipinski definition) is 7. The highest BCUT2D eigenvalue weighted by molar-refractivity contribution is 7.10. The summed E-state index contributed by atoms with van der Waals surface area (Å²) >= 11 is 1.42. The molecule has 0 saturated heterocycles. The fourth-order valence-corrected chi connectivity index (χ4v) is 5.04. The number of ketones is 1. The van der Waals surface area contributed by atoms with Crippen LogP contribution < -0.4 is 4.74 Å². The van der Waals surface area contributed by atoms with Crippen LogP contribution in [0.1, 0.15) is 32.8 Å². The zero-order valence-electron chi connectivity index (χ0n) is 17.3. The van der Waals surface area contributed by atoms with Crippen LogP contribution in [-0.4, -0.2) is 28.8 Å². The summed E-state index contributed by atoms with van der Waals surface area (Å²) in [7, 11) is 1.52. The monoisotopic (exact) mass is 449 g/mol. The third-order valence-corrected chi connectivity index (χ3v) is 6.63. The lowest BCUT2D eigenvalue weighted by Gasteiger charge is -2.25. The Morgan fingerprint density at radius 3 is 2.78 bits per heavy atom. The van der Waals surface area contributed by atoms with Gasteiger partial charge in [-0.05, 0) is 48.2 Å². The van der Waals surface area contributed by atoms with Gasteiger partial charge in [-0.25, -0.2) is 0 Å². The van der Waals surface area contributed by atoms with E-state index in [-0.39, 0.29) is 17.9 Å². The molecule has 1 N–H and O–H groups in total. The van der Waals surface area contributed by atoms with Gasteiger partial charge in [0.25, 0.3) is 5.91 Å². The van der Waals surface area contributed by atoms with Crippen LogP contribution in [0, 0.1) is 6.92 Å². The van der Waals surface area contributed by atoms with Crippen LogP contribution >= 0.6 is 11.3 Å². The Morgan fingerprint density at radius 2 is 2.09 bits per heavy atom. The fourth-order valence-electron chi connectivity index (χ4n) is 4.00. The highest BCUT2D eigenvalue weighted by Gasteiger charge is 2.45. The Bertz CT molecular complexity index is 1360. The Hall–Kier alpha value is -3.78. The largest absolute Gasteiger partial charge is 0.503 e. The Kier molecular flexibility index (Phi) is 4.86. The molecule has 1 aliphatic rings. The van der Waals surface area contributed by atoms with Gasteiger partial charge in [0.1, 0.15) is 11.8 Å². The molecule has 1 amide bonds. The number of aliphatic hydroxyl groups is 1. The first kappa shape index (κ1) is 20.1. The predicted octanol–water partition coefficient (Wildman–Crippen LogP) is 5.18. The Balaban J connectivity index is 1.61. The number of Topliss-reactive ketones (excluding diaryl/α,β-unsaturated/α-hetero) is 1. The van der Waals surface area contributed by atoms with Gasteiger partial charge in [-0.3, -0.25) is 9.59 Å². The number of aryl methyl sites for hydroxylation is 1. The Morgan fingerprint density at radius 1 is 1.25 bits per heavy atom. The van der Waals surface area contributed by atoms with Gasteiger partial charge in [-0.15, -0.1) is 11.3 Å². The first-order valence-electron chi connectivity index (χ1n) is 9.91. The molecule has 0 bridgehead atoms. The van der Waals surface area contributed by atoms with Crippen molar-refractivity contribution in [1.29, 1.82) is 0 Å². The first-order chi connectivity index (χ1) is 15.5. The maximum absolute atomic E-state index is 13.6. The molecule has 0 radical (unpaired) electrons. The van der Waals surface area contributed by atoms with E-state index >= 15 is 0 Å². The molecule has 0 aliphatic carbocycles. The minimum atomic E-state index is -0.754. The lowest BCUT2D eigenvalue weighted by atomic mass is 9.98. The summed E-state index contributed by atoms with van der Waals surface area (Å²) in [5.41, 5.74) is 1.34. The summed E-state index contributed by atoms with van der Waals surface area (Å²) in [6.07, 6.45) is 1.52. The van der Waals surface area contributed by atoms with Gasteiger partial charge in [0.05, 0.1) is 25.5 Å². The number of methoxy groups -OCH3 is 1. The molecular formula is C24H19NO6S. The number of para-hydroxylation sites is 1. The van der Waals surface area contributed by atoms with Gasteiger partial charge >= 0.3 is 0 Å². The summed E-state index contributed by atoms with van der Waals surface area (Å²) in [6, 6.07) is 11.6. The number of ether oxygens (including phenoxy) is 1. The second-order valence-corrected chi connectivity index (χ2v) is 8.41. The van der Waals surface area contributed by atoms with Crippen LogP contribution in [0.5, 0.6) is 5.75 Å². The first-order valence-corrected chi connectivity index (χ1v) is 10.8. The van der Waals surface area contributed by atoms with E-state index in [0.717, 1.165) is 10.4 Å². The molecule has 0 saturated carbocycles. The van der Waals surface area contributed by atoms with Crippen LogP contribution in [-0.2, 0) is 11.3 Å². The number of carbonyl (C=O) groups is 2. The standard InChI is InChI=1S/C24H19NO6S/c1-13-8-10-32-23(13)19-18(21(27)24(28)25(19)12-15-6-4-9-30-15)20(26)17-11-14-5-3-7-16(29-2)22(14)31-17/h3-11,19,27H,12H2,1-2H3. The third kappa shape index (κ3) is 3.11. The van der Waals surface area contributed by atoms with Gasteiger partial charge in [0.15, 0.2) is 22.9 Å². The number of fused-ring (bicyclic) bond motifs is 1. The quantitative estimate of drug-likeness (QED) is 0.408. The fraction of sp³-hybridized carbons (Fsp3) is 0.167. The lowest BCUT2D eigenvalue weighted by Crippen LogP contribution is -2.30. The van der Waals surface area contributed by atoms with Crippen molar-refractivity contribution in [1.82, 2.24) is 4.90 Å². The lowest BCUT2D eigenvalue weighted by molar-refractivity contribution is -0.130. The van der Waals surface area contributed by atoms with Crippen molar-refractivity contribution in [3.05, 3.63) is 87.4 Å². The summed E-state index contributed by atoms with van der Waals surface area (Å²) in [6.45, 7) is 2.02. The molecule has 3 aromatic heterocycles. The SMILES string of the molecule is COc1cccc2cc(C(=O)C3=C(O)C(=O)N(Cc4ccco4)C3c3sccc3C)oc12. The van der Waals surface area contributed by atoms with E-state index < -0.39 is 23.5 Å². The van der Waals surface area contributed by atoms with Crippen molar-refractivity contribution in [2.24, 2.45) is 0 Å². The van der Waals surface area contributed by atoms with Crippen LogP contribution in [0.15, 0.2) is 74.3 Å². The molecule has 8 heteroatoms. The molecule has 1 aromatic carbocycles. The van der Waals surface area contributed by atoms with Crippen LogP contribution in [0.25, 0.3) is 11.0 Å². The number of benzene rings is 1. The Labute approximate surface area is 187 Å². The van der Waals surface area contributed by atoms with Gasteiger partial charge in [-0.2, -0.15) is 0 Å². The maximum Gasteiger partial charge on any atom is 0.290 e. The van der Waals surface area contributed by atoms with Gasteiger partial charge in [0.2, 0.25) is 5.78 Å². The van der Waals surface area contributed by atoms with E-state index in [2.05, 4.69) is 0 Å². The van der Waals surface area contributed by atoms with E-state index in [1.165, 1.54) is 29.6 Å². The van der Waals surface area contributed by atoms with Crippen LogP contribution in [0.3, 0.4) is 0 Å². The number of furan rings is 2. The number of nitrogens with zero attached hydrogens (tertiary/aromatic N) is 1. The predicted molar refractivity (Wildman–Crippen MR) is 118 cm³/mol. The maximum atomic E-state index is 13.6. The van der Waals surface area contributed by atoms with E-state index in [4.69, 9.17) is 13.6 Å². The van der Waals surface area contributed by atoms with Crippen molar-refractivity contribution < 1.29 is 28.3 Å². The summed E-state index contributed by atoms with van der Waals surface area (Å²) in [4.78, 5) is 28.9. The average Bonchev–Trinajstić information content (AvgIpc) is 3.57. The number of thiophene rings is 1. The van der Waals surface area contributed by atoms with Crippen molar-refractivity contribution in [3.8, 4) is 5.75 Å². The van der Waals surface area contributed by atoms with Crippen molar-refractivity contribution >= 4 is 34.0 Å². The molecule has 0 spiro atoms. The van der Waals surface area contributed by atoms with E-state index in [1.54, 1.807) is 36.4 Å². The third-order valence-electron chi connectivity index (χ3n) is 5.56. The summed E-state index contributed by atoms with van der Waals surface area (Å²) in [5.74, 6) is -0.686. The summed E-state index contributed by atoms with van der Waals surface area (Å²) in [5, 5.41) is 13.4. The molecule has 4 heterocycles. The minimum Gasteiger partial charge on any atom is -0.503 e. The zero-order valence-corrected chi connectivity index (χ0v) is 18.1. The van der Waals surface area contributed by atoms with Crippen LogP contribution in [0.2, 0.25) is 0 Å². The molecule has 1 aliphatic heterocycles. The molecule has 32 heavy (non-hydrogen) atoms. The van der Waals surface area contributed by atoms with Crippen molar-refractivity contribution in [2.45, 2.75) is 19.5 Å². The number of carbonyl (C=O) groups excluding carboxylic acids is 2. The molecule has 1 unspecified atom stereocenters. The highest BCUT2D eigenvalue weighted by atomic mass is 32.1. The number of aliphatic hydroxyl groups excluding tert-OH is 1. The molecule has 5 rings (SSSR count). The molecule has 1 atom stereocenters. The number of rotatable bonds is 6. The second-order valence-electron chi connectivity index (χ2n) is 7.46. The second kappa shape index (κ2) is 7.72. The number of amides is 1. The molecule has 7 nitrogen and oxygen atoms in total. The topological polar surface area (TPSA) is 93.1 Å². The van der Waals surface area contributed by atoms with Crippen LogP contribution in [0.4, 0.5) is 0 Å². The minimum absolute atomic E-state index is 0.00914. The van der Waals surface area contributed by atoms with Gasteiger partial charge in [0, 0.05) is 10.3 Å². The summed E-state index contributed by atoms with van der Waals surface area (Å²) < 4.78 is 16.6. The van der Waals surface area contributed by atoms with Crippen molar-refractivity contribution in [3.63, 3.8) is 0 Å².